The fourth-order valence-electron chi connectivity index (χ4n) is 3.82. The minimum Gasteiger partial charge on any atom is -0.468 e. The van der Waals surface area contributed by atoms with Gasteiger partial charge in [0, 0.05) is 6.08 Å². The van der Waals surface area contributed by atoms with Crippen LogP contribution in [0, 0.1) is 17.3 Å². The van der Waals surface area contributed by atoms with E-state index in [1.807, 2.05) is 25.2 Å². The first kappa shape index (κ1) is 19.9. The van der Waals surface area contributed by atoms with Gasteiger partial charge >= 0.3 is 17.9 Å². The molecule has 6 nitrogen and oxygen atoms in total. The van der Waals surface area contributed by atoms with Crippen molar-refractivity contribution >= 4 is 17.9 Å². The van der Waals surface area contributed by atoms with Crippen LogP contribution < -0.4 is 0 Å². The van der Waals surface area contributed by atoms with Crippen molar-refractivity contribution in [3.8, 4) is 0 Å². The van der Waals surface area contributed by atoms with Crippen molar-refractivity contribution < 1.29 is 28.6 Å². The molecule has 2 aliphatic rings. The number of rotatable bonds is 5. The van der Waals surface area contributed by atoms with Gasteiger partial charge in [-0.25, -0.2) is 4.79 Å². The van der Waals surface area contributed by atoms with Crippen molar-refractivity contribution in [2.75, 3.05) is 20.8 Å². The Bertz CT molecular complexity index is 654. The predicted octanol–water partition coefficient (Wildman–Crippen LogP) is 2.74. The van der Waals surface area contributed by atoms with Crippen LogP contribution in [0.4, 0.5) is 0 Å². The number of methoxy groups -OCH3 is 2. The maximum Gasteiger partial charge on any atom is 0.330 e. The molecule has 1 saturated carbocycles. The Hall–Kier alpha value is -2.37. The van der Waals surface area contributed by atoms with Crippen LogP contribution in [0.2, 0.25) is 0 Å². The SMILES string of the molecule is CCOC(=O)/C=C/[C@H]1C=C[C@H]2CC(C(=O)OC)(C(=O)OC)CC2=C(C)C1. The van der Waals surface area contributed by atoms with Crippen molar-refractivity contribution in [3.63, 3.8) is 0 Å². The van der Waals surface area contributed by atoms with Crippen LogP contribution in [0.3, 0.4) is 0 Å². The molecular weight excluding hydrogens is 336 g/mol. The van der Waals surface area contributed by atoms with E-state index in [9.17, 15) is 14.4 Å². The van der Waals surface area contributed by atoms with Gasteiger partial charge in [-0.1, -0.05) is 29.4 Å². The summed E-state index contributed by atoms with van der Waals surface area (Å²) in [5.74, 6) is -1.40. The van der Waals surface area contributed by atoms with Gasteiger partial charge in [0.15, 0.2) is 5.41 Å². The molecule has 0 N–H and O–H groups in total. The Morgan fingerprint density at radius 2 is 1.85 bits per heavy atom. The van der Waals surface area contributed by atoms with Crippen LogP contribution in [0.1, 0.15) is 33.1 Å². The largest absolute Gasteiger partial charge is 0.468 e. The quantitative estimate of drug-likeness (QED) is 0.246. The van der Waals surface area contributed by atoms with Gasteiger partial charge in [0.05, 0.1) is 20.8 Å². The first-order chi connectivity index (χ1) is 12.4. The second-order valence-electron chi connectivity index (χ2n) is 6.72. The summed E-state index contributed by atoms with van der Waals surface area (Å²) in [6.07, 6.45) is 8.67. The minimum atomic E-state index is -1.28. The highest BCUT2D eigenvalue weighted by Gasteiger charge is 2.55. The number of esters is 3. The van der Waals surface area contributed by atoms with E-state index in [0.29, 0.717) is 19.4 Å². The maximum atomic E-state index is 12.3. The molecule has 1 fully saturated rings. The molecule has 0 bridgehead atoms. The van der Waals surface area contributed by atoms with Gasteiger partial charge < -0.3 is 14.2 Å². The Morgan fingerprint density at radius 3 is 2.42 bits per heavy atom. The molecule has 142 valence electrons. The molecule has 0 aromatic rings. The van der Waals surface area contributed by atoms with E-state index in [2.05, 4.69) is 0 Å². The normalized spacial score (nSPS) is 24.2. The van der Waals surface area contributed by atoms with Crippen LogP contribution >= 0.6 is 0 Å². The number of carbonyl (C=O) groups excluding carboxylic acids is 3. The standard InChI is InChI=1S/C20H26O6/c1-5-26-17(21)9-7-14-6-8-15-11-20(18(22)24-3,19(23)25-4)12-16(15)13(2)10-14/h6-9,14-15H,5,10-12H2,1-4H3/b9-7+/t14-,15+/m1/s1. The Labute approximate surface area is 153 Å². The second-order valence-corrected chi connectivity index (χ2v) is 6.72. The summed E-state index contributed by atoms with van der Waals surface area (Å²) >= 11 is 0. The zero-order chi connectivity index (χ0) is 19.3. The lowest BCUT2D eigenvalue weighted by atomic mass is 9.84. The fourth-order valence-corrected chi connectivity index (χ4v) is 3.82. The highest BCUT2D eigenvalue weighted by atomic mass is 16.5. The average molecular weight is 362 g/mol. The van der Waals surface area contributed by atoms with Gasteiger partial charge in [-0.2, -0.15) is 0 Å². The topological polar surface area (TPSA) is 78.9 Å². The number of carbonyl (C=O) groups is 3. The molecule has 0 saturated heterocycles. The predicted molar refractivity (Wildman–Crippen MR) is 94.9 cm³/mol. The van der Waals surface area contributed by atoms with Gasteiger partial charge in [-0.15, -0.1) is 0 Å². The second kappa shape index (κ2) is 8.34. The fraction of sp³-hybridized carbons (Fsp3) is 0.550. The monoisotopic (exact) mass is 362 g/mol. The number of allylic oxidation sites excluding steroid dienone is 5. The van der Waals surface area contributed by atoms with Crippen LogP contribution in [0.5, 0.6) is 0 Å². The zero-order valence-corrected chi connectivity index (χ0v) is 15.7. The highest BCUT2D eigenvalue weighted by molar-refractivity contribution is 6.01. The van der Waals surface area contributed by atoms with Gasteiger partial charge in [0.2, 0.25) is 0 Å². The van der Waals surface area contributed by atoms with Crippen LogP contribution in [0.25, 0.3) is 0 Å². The molecule has 0 unspecified atom stereocenters. The molecule has 0 aliphatic heterocycles. The summed E-state index contributed by atoms with van der Waals surface area (Å²) in [6, 6.07) is 0. The van der Waals surface area contributed by atoms with E-state index in [1.54, 1.807) is 6.92 Å². The summed E-state index contributed by atoms with van der Waals surface area (Å²) in [5.41, 5.74) is 0.917. The summed E-state index contributed by atoms with van der Waals surface area (Å²) in [5, 5.41) is 0. The van der Waals surface area contributed by atoms with Gasteiger partial charge in [-0.3, -0.25) is 9.59 Å². The van der Waals surface area contributed by atoms with Crippen molar-refractivity contribution in [2.45, 2.75) is 33.1 Å². The van der Waals surface area contributed by atoms with Crippen molar-refractivity contribution in [1.82, 2.24) is 0 Å². The maximum absolute atomic E-state index is 12.3. The molecule has 6 heteroatoms. The summed E-state index contributed by atoms with van der Waals surface area (Å²) < 4.78 is 14.7. The van der Waals surface area contributed by atoms with E-state index in [1.165, 1.54) is 20.3 Å². The molecule has 0 radical (unpaired) electrons. The third-order valence-electron chi connectivity index (χ3n) is 5.11. The lowest BCUT2D eigenvalue weighted by molar-refractivity contribution is -0.168. The van der Waals surface area contributed by atoms with Gasteiger partial charge in [0.1, 0.15) is 0 Å². The molecule has 0 amide bonds. The molecule has 26 heavy (non-hydrogen) atoms. The number of fused-ring (bicyclic) bond motifs is 1. The molecule has 2 aliphatic carbocycles. The third-order valence-corrected chi connectivity index (χ3v) is 5.11. The molecular formula is C20H26O6. The van der Waals surface area contributed by atoms with Crippen LogP contribution in [0.15, 0.2) is 35.5 Å². The Balaban J connectivity index is 2.24. The first-order valence-electron chi connectivity index (χ1n) is 8.76. The number of hydrogen-bond donors (Lipinski definition) is 0. The van der Waals surface area contributed by atoms with E-state index < -0.39 is 17.4 Å². The zero-order valence-electron chi connectivity index (χ0n) is 15.7. The smallest absolute Gasteiger partial charge is 0.330 e. The van der Waals surface area contributed by atoms with Crippen molar-refractivity contribution in [1.29, 1.82) is 0 Å². The molecule has 2 atom stereocenters. The summed E-state index contributed by atoms with van der Waals surface area (Å²) in [7, 11) is 2.57. The third kappa shape index (κ3) is 3.89. The van der Waals surface area contributed by atoms with E-state index in [0.717, 1.165) is 17.6 Å². The van der Waals surface area contributed by atoms with Gasteiger partial charge in [0.25, 0.3) is 0 Å². The van der Waals surface area contributed by atoms with Gasteiger partial charge in [-0.05, 0) is 44.9 Å². The molecule has 2 rings (SSSR count). The molecule has 0 aromatic heterocycles. The number of ether oxygens (including phenoxy) is 3. The highest BCUT2D eigenvalue weighted by Crippen LogP contribution is 2.50. The lowest BCUT2D eigenvalue weighted by Gasteiger charge is -2.22. The van der Waals surface area contributed by atoms with Crippen molar-refractivity contribution in [3.05, 3.63) is 35.5 Å². The molecule has 0 aromatic carbocycles. The average Bonchev–Trinajstić information content (AvgIpc) is 2.97. The van der Waals surface area contributed by atoms with Crippen molar-refractivity contribution in [2.24, 2.45) is 17.3 Å². The summed E-state index contributed by atoms with van der Waals surface area (Å²) in [4.78, 5) is 36.2. The van der Waals surface area contributed by atoms with Crippen LogP contribution in [-0.4, -0.2) is 38.7 Å². The minimum absolute atomic E-state index is 0.0193. The number of hydrogen-bond acceptors (Lipinski definition) is 6. The van der Waals surface area contributed by atoms with E-state index in [-0.39, 0.29) is 17.8 Å². The Morgan fingerprint density at radius 1 is 1.19 bits per heavy atom. The molecule has 0 spiro atoms. The Kier molecular flexibility index (Phi) is 6.40. The first-order valence-corrected chi connectivity index (χ1v) is 8.76. The lowest BCUT2D eigenvalue weighted by Crippen LogP contribution is -2.39. The van der Waals surface area contributed by atoms with Crippen LogP contribution in [-0.2, 0) is 28.6 Å². The van der Waals surface area contributed by atoms with E-state index in [4.69, 9.17) is 14.2 Å². The summed E-state index contributed by atoms with van der Waals surface area (Å²) in [6.45, 7) is 4.12. The molecule has 0 heterocycles. The van der Waals surface area contributed by atoms with E-state index >= 15 is 0 Å².